The number of rotatable bonds is 22. The minimum absolute atomic E-state index is 0.0135. The van der Waals surface area contributed by atoms with Crippen LogP contribution in [0.3, 0.4) is 0 Å². The number of aliphatic hydroxyl groups excluding tert-OH is 4. The maximum Gasteiger partial charge on any atom is 0.103 e. The van der Waals surface area contributed by atoms with E-state index in [9.17, 15) is 25.7 Å². The SMILES string of the molecule is COCC12CC(n3cc(-n4ncc5cc(Cl)c(N6CCN([C@]7(C)COC[C@@H]7O)CC6)cc54)cn3)(C1)C2.COC[C@@H]1C[C@H]1n1cc(-n2ncc3cc(Cl)c(N4CCN([C@]5(C)COC[C@@H]5O)CC4)cc32)cn1.C[C@@]1(N2CCN(c3cc4c(cnn4-c4cnn(C56CC(C#N)(C5)C6)c4)cc3Cl)CC2)COC[C@@H]1O.[2H]COCC12CC(n3cc(-n4ncc5cc(Cl)c(N6CCN([C@]7(C)COC[C@@H]7O)CC6)cc54)cn3)(C1)C2. The van der Waals surface area contributed by atoms with E-state index in [1.165, 1.54) is 0 Å². The van der Waals surface area contributed by atoms with E-state index in [-0.39, 0.29) is 56.7 Å². The van der Waals surface area contributed by atoms with Gasteiger partial charge >= 0.3 is 0 Å². The van der Waals surface area contributed by atoms with Crippen LogP contribution in [-0.4, -0.2) is 364 Å². The Hall–Kier alpha value is -9.15. The van der Waals surface area contributed by atoms with E-state index in [1.807, 2.05) is 102 Å². The van der Waals surface area contributed by atoms with E-state index in [4.69, 9.17) is 91.1 Å². The number of anilines is 4. The average molecular weight is 2010 g/mol. The van der Waals surface area contributed by atoms with Crippen molar-refractivity contribution in [1.29, 1.82) is 5.26 Å². The molecule has 0 radical (unpaired) electrons. The third kappa shape index (κ3) is 15.8. The van der Waals surface area contributed by atoms with Crippen LogP contribution in [0.2, 0.25) is 20.1 Å². The molecule has 18 fully saturated rings. The maximum atomic E-state index is 10.5. The first-order valence-electron chi connectivity index (χ1n) is 50.4. The Balaban J connectivity index is 0.000000102. The predicted octanol–water partition coefficient (Wildman–Crippen LogP) is 10.3. The van der Waals surface area contributed by atoms with E-state index in [0.29, 0.717) is 81.9 Å². The Morgan fingerprint density at radius 3 is 0.950 bits per heavy atom. The van der Waals surface area contributed by atoms with E-state index in [2.05, 4.69) is 162 Å². The zero-order valence-electron chi connectivity index (χ0n) is 81.7. The highest BCUT2D eigenvalue weighted by Crippen LogP contribution is 2.73. The number of aromatic nitrogens is 16. The van der Waals surface area contributed by atoms with E-state index >= 15 is 0 Å². The van der Waals surface area contributed by atoms with Crippen molar-refractivity contribution in [3.05, 3.63) is 143 Å². The largest absolute Gasteiger partial charge is 0.389 e. The Morgan fingerprint density at radius 2 is 0.674 bits per heavy atom. The van der Waals surface area contributed by atoms with Gasteiger partial charge in [0.15, 0.2) is 0 Å². The number of halogens is 4. The molecular formula is C101H125Cl4N25O11. The van der Waals surface area contributed by atoms with Crippen molar-refractivity contribution in [2.45, 2.75) is 161 Å². The van der Waals surface area contributed by atoms with Crippen molar-refractivity contribution < 1.29 is 55.0 Å². The monoisotopic (exact) mass is 2000 g/mol. The molecule has 8 aromatic heterocycles. The van der Waals surface area contributed by atoms with Gasteiger partial charge in [-0.1, -0.05) is 46.4 Å². The fourth-order valence-corrected chi connectivity index (χ4v) is 27.7. The minimum Gasteiger partial charge on any atom is -0.389 e. The number of nitriles is 1. The fourth-order valence-electron chi connectivity index (χ4n) is 26.5. The summed E-state index contributed by atoms with van der Waals surface area (Å²) in [7, 11) is 3.57. The third-order valence-electron chi connectivity index (χ3n) is 35.1. The molecule has 36 nitrogen and oxygen atoms in total. The Morgan fingerprint density at radius 1 is 0.383 bits per heavy atom. The van der Waals surface area contributed by atoms with Gasteiger partial charge in [0.25, 0.3) is 0 Å². The molecule has 748 valence electrons. The van der Waals surface area contributed by atoms with Crippen molar-refractivity contribution in [1.82, 2.24) is 97.8 Å². The predicted molar refractivity (Wildman–Crippen MR) is 535 cm³/mol. The summed E-state index contributed by atoms with van der Waals surface area (Å²) in [4.78, 5) is 18.7. The second-order valence-electron chi connectivity index (χ2n) is 44.2. The summed E-state index contributed by atoms with van der Waals surface area (Å²) in [6.45, 7) is 28.0. The number of methoxy groups -OCH3 is 3. The van der Waals surface area contributed by atoms with Gasteiger partial charge in [0, 0.05) is 164 Å². The zero-order chi connectivity index (χ0) is 97.6. The molecular weight excluding hydrogens is 1880 g/mol. The molecule has 30 rings (SSSR count). The quantitative estimate of drug-likeness (QED) is 0.0490. The van der Waals surface area contributed by atoms with Crippen LogP contribution in [-0.2, 0) is 49.8 Å². The van der Waals surface area contributed by atoms with E-state index in [0.717, 1.165) is 286 Å². The summed E-state index contributed by atoms with van der Waals surface area (Å²) in [5.74, 6) is 0.537. The van der Waals surface area contributed by atoms with Gasteiger partial charge in [-0.15, -0.1) is 0 Å². The zero-order valence-corrected chi connectivity index (χ0v) is 83.7. The normalized spacial score (nSPS) is 33.4. The highest BCUT2D eigenvalue weighted by atomic mass is 35.5. The summed E-state index contributed by atoms with van der Waals surface area (Å²) in [6, 6.07) is 19.4. The molecule has 8 aliphatic heterocycles. The van der Waals surface area contributed by atoms with Gasteiger partial charge in [-0.25, -0.2) is 18.7 Å². The molecule has 12 aromatic rings. The smallest absolute Gasteiger partial charge is 0.103 e. The van der Waals surface area contributed by atoms with Gasteiger partial charge in [-0.05, 0) is 140 Å². The first-order chi connectivity index (χ1) is 68.5. The molecule has 10 saturated carbocycles. The number of ether oxygens (including phenoxy) is 7. The molecule has 0 amide bonds. The van der Waals surface area contributed by atoms with Gasteiger partial charge in [0.2, 0.25) is 0 Å². The van der Waals surface area contributed by atoms with Crippen LogP contribution in [0.15, 0.2) is 123 Å². The molecule has 18 aliphatic rings. The van der Waals surface area contributed by atoms with E-state index < -0.39 is 24.4 Å². The van der Waals surface area contributed by atoms with Gasteiger partial charge in [-0.2, -0.15) is 46.1 Å². The van der Waals surface area contributed by atoms with Crippen LogP contribution in [0.5, 0.6) is 0 Å². The highest BCUT2D eigenvalue weighted by molar-refractivity contribution is 6.35. The number of piperazine rings is 4. The first-order valence-corrected chi connectivity index (χ1v) is 51.2. The summed E-state index contributed by atoms with van der Waals surface area (Å²) in [6.07, 6.45) is 31.9. The number of hydrogen-bond acceptors (Lipinski definition) is 28. The van der Waals surface area contributed by atoms with Crippen molar-refractivity contribution in [2.75, 3.05) is 218 Å². The van der Waals surface area contributed by atoms with Crippen LogP contribution in [0, 0.1) is 33.5 Å². The summed E-state index contributed by atoms with van der Waals surface area (Å²) >= 11 is 27.0. The number of hydrogen-bond donors (Lipinski definition) is 4. The molecule has 0 spiro atoms. The molecule has 0 unspecified atom stereocenters. The number of aliphatic hydroxyl groups is 4. The molecule has 10 aliphatic carbocycles. The minimum atomic E-state index is -0.458. The maximum absolute atomic E-state index is 10.5. The third-order valence-corrected chi connectivity index (χ3v) is 36.3. The van der Waals surface area contributed by atoms with Gasteiger partial charge in [-0.3, -0.25) is 38.3 Å². The van der Waals surface area contributed by atoms with Crippen LogP contribution < -0.4 is 19.6 Å². The van der Waals surface area contributed by atoms with Crippen molar-refractivity contribution in [2.24, 2.45) is 22.2 Å². The van der Waals surface area contributed by atoms with Crippen molar-refractivity contribution >= 4 is 113 Å². The first kappa shape index (κ1) is 92.9. The average Bonchev–Trinajstić information content (AvgIpc) is 1.03. The molecule has 141 heavy (non-hydrogen) atoms. The summed E-state index contributed by atoms with van der Waals surface area (Å²) < 4.78 is 61.6. The Bertz CT molecular complexity index is 6740. The lowest BCUT2D eigenvalue weighted by molar-refractivity contribution is -0.217. The van der Waals surface area contributed by atoms with Crippen LogP contribution >= 0.6 is 46.4 Å². The molecule has 16 heterocycles. The molecule has 10 atom stereocenters. The molecule has 8 saturated heterocycles. The Labute approximate surface area is 839 Å². The number of nitrogens with zero attached hydrogens (tertiary/aromatic N) is 25. The van der Waals surface area contributed by atoms with Gasteiger partial charge in [0.1, 0.15) is 22.7 Å². The number of fused-ring (bicyclic) bond motifs is 4. The Kier molecular flexibility index (Phi) is 23.3. The second-order valence-corrected chi connectivity index (χ2v) is 45.8. The summed E-state index contributed by atoms with van der Waals surface area (Å²) in [5.41, 5.74) is 11.3. The fraction of sp³-hybridized carbons (Fsp3) is 0.594. The standard InChI is InChI=1S/2C26H33ClN6O3.C25H28ClN7O2.C24H31ClN6O3/c2*1-24(16-36-12-23(24)34)31-5-3-30(4-6-31)22-8-21-18(7-20(22)27)9-29-33(21)19-10-28-32(11-19)26-13-25(14-26,15-26)17-35-2;1-23(16-35-11-22(23)34)31-4-2-30(3-5-31)21-7-20-17(6-19(21)26)8-29-33(20)18-9-28-32(10-18)25-12-24(13-25,14-25)15-27;1-24(15-34-14-23(24)32)29-5-3-28(4-6-29)22-9-21-16(7-19(22)25)10-27-31(21)18-11-26-30(12-18)20-8-17(20)13-33-2/h2*7-11,23,34H,3-6,12-17H2,1-2H3;6-10,22,34H,2-5,11-14,16H2,1H3;7,9-12,17,20,23,32H,3-6,8,13-15H2,1-2H3/t2*23-,24+,25?,26?;22-,23+,24?,25?;17-,20+,23-,24+/m0000/s1/i2D;;;. The molecule has 4 N–H and O–H groups in total. The van der Waals surface area contributed by atoms with Gasteiger partial charge in [0.05, 0.1) is 294 Å². The lowest BCUT2D eigenvalue weighted by Crippen LogP contribution is -2.69. The van der Waals surface area contributed by atoms with Crippen LogP contribution in [0.1, 0.15) is 99.3 Å². The topological polar surface area (TPSA) is 338 Å². The van der Waals surface area contributed by atoms with Gasteiger partial charge < -0.3 is 73.2 Å². The molecule has 6 bridgehead atoms. The number of benzene rings is 4. The lowest BCUT2D eigenvalue weighted by atomic mass is 9.39. The van der Waals surface area contributed by atoms with Crippen LogP contribution in [0.4, 0.5) is 22.7 Å². The van der Waals surface area contributed by atoms with E-state index in [1.54, 1.807) is 14.2 Å². The highest BCUT2D eigenvalue weighted by Gasteiger charge is 2.72. The molecule has 4 aromatic carbocycles. The lowest BCUT2D eigenvalue weighted by Gasteiger charge is -2.70. The summed E-state index contributed by atoms with van der Waals surface area (Å²) in [5, 5.41) is 95.3. The second kappa shape index (κ2) is 35.3. The van der Waals surface area contributed by atoms with Crippen LogP contribution in [0.25, 0.3) is 66.4 Å². The van der Waals surface area contributed by atoms with Crippen molar-refractivity contribution in [3.8, 4) is 28.8 Å². The molecule has 40 heteroatoms. The van der Waals surface area contributed by atoms with Crippen molar-refractivity contribution in [3.63, 3.8) is 0 Å².